The van der Waals surface area contributed by atoms with Crippen molar-refractivity contribution in [3.05, 3.63) is 137 Å². The number of nitrogens with one attached hydrogen (secondary N) is 1. The molecule has 276 valence electrons. The second-order valence-electron chi connectivity index (χ2n) is 13.2. The number of ether oxygens (including phenoxy) is 4. The van der Waals surface area contributed by atoms with E-state index < -0.39 is 11.6 Å². The molecule has 1 amide bonds. The molecule has 2 N–H and O–H groups in total. The minimum atomic E-state index is -2.02. The Bertz CT molecular complexity index is 1660. The number of benzene rings is 4. The Morgan fingerprint density at radius 3 is 2.23 bits per heavy atom. The van der Waals surface area contributed by atoms with Crippen LogP contribution in [-0.4, -0.2) is 67.6 Å². The summed E-state index contributed by atoms with van der Waals surface area (Å²) in [5, 5.41) is 15.0. The number of aliphatic hydroxyl groups is 1. The zero-order valence-electron chi connectivity index (χ0n) is 30.4. The van der Waals surface area contributed by atoms with Gasteiger partial charge in [0.25, 0.3) is 5.91 Å². The number of likely N-dealkylation sites (tertiary alicyclic amines) is 1. The van der Waals surface area contributed by atoms with Gasteiger partial charge in [-0.1, -0.05) is 91.9 Å². The van der Waals surface area contributed by atoms with Gasteiger partial charge in [0.2, 0.25) is 5.60 Å². The number of piperidine rings is 1. The van der Waals surface area contributed by atoms with E-state index in [0.717, 1.165) is 44.5 Å². The van der Waals surface area contributed by atoms with Crippen LogP contribution in [-0.2, 0) is 37.8 Å². The number of hydrogen-bond donors (Lipinski definition) is 2. The number of nitrogens with zero attached hydrogens (tertiary/aromatic N) is 1. The van der Waals surface area contributed by atoms with Gasteiger partial charge in [-0.3, -0.25) is 9.69 Å². The third-order valence-corrected chi connectivity index (χ3v) is 9.29. The smallest absolute Gasteiger partial charge is 0.347 e. The maximum atomic E-state index is 13.8. The molecule has 4 aromatic rings. The topological polar surface area (TPSA) is 107 Å². The van der Waals surface area contributed by atoms with Gasteiger partial charge in [0.1, 0.15) is 12.4 Å². The van der Waals surface area contributed by atoms with E-state index in [1.807, 2.05) is 38.1 Å². The number of carbonyl (C=O) groups is 2. The fourth-order valence-corrected chi connectivity index (χ4v) is 6.32. The Kier molecular flexibility index (Phi) is 14.8. The Labute approximate surface area is 307 Å². The molecular formula is C43H52N2O7. The summed E-state index contributed by atoms with van der Waals surface area (Å²) in [5.41, 5.74) is 1.45. The largest absolute Gasteiger partial charge is 0.489 e. The third kappa shape index (κ3) is 11.0. The number of rotatable bonds is 19. The molecule has 1 saturated heterocycles. The molecule has 0 bridgehead atoms. The summed E-state index contributed by atoms with van der Waals surface area (Å²) in [6.45, 7) is 8.81. The molecule has 52 heavy (non-hydrogen) atoms. The SMILES string of the molecule is CCCOC(CCNC(=O)c1ccc(COc2cccc([C@@](O)(C(=O)OCC3CCN(Cc4ccccc4)CC3)c3ccccc3)c2)cc1)OCC. The van der Waals surface area contributed by atoms with Crippen molar-refractivity contribution >= 4 is 11.9 Å². The summed E-state index contributed by atoms with van der Waals surface area (Å²) in [5.74, 6) is -0.174. The third-order valence-electron chi connectivity index (χ3n) is 9.29. The van der Waals surface area contributed by atoms with Crippen LogP contribution in [0.5, 0.6) is 5.75 Å². The minimum absolute atomic E-state index is 0.175. The van der Waals surface area contributed by atoms with Crippen molar-refractivity contribution in [1.29, 1.82) is 0 Å². The van der Waals surface area contributed by atoms with Crippen LogP contribution in [0.1, 0.15) is 72.1 Å². The summed E-state index contributed by atoms with van der Waals surface area (Å²) in [4.78, 5) is 28.9. The van der Waals surface area contributed by atoms with Crippen LogP contribution in [0.25, 0.3) is 0 Å². The first-order valence-electron chi connectivity index (χ1n) is 18.4. The van der Waals surface area contributed by atoms with E-state index in [1.54, 1.807) is 60.7 Å². The van der Waals surface area contributed by atoms with Crippen LogP contribution in [0.15, 0.2) is 109 Å². The molecule has 4 aromatic carbocycles. The first-order valence-corrected chi connectivity index (χ1v) is 18.4. The molecule has 0 saturated carbocycles. The van der Waals surface area contributed by atoms with E-state index in [0.29, 0.717) is 48.6 Å². The van der Waals surface area contributed by atoms with Gasteiger partial charge in [0, 0.05) is 43.9 Å². The highest BCUT2D eigenvalue weighted by Gasteiger charge is 2.42. The number of amides is 1. The van der Waals surface area contributed by atoms with Gasteiger partial charge < -0.3 is 29.4 Å². The van der Waals surface area contributed by atoms with Crippen LogP contribution in [0.3, 0.4) is 0 Å². The van der Waals surface area contributed by atoms with Crippen LogP contribution < -0.4 is 10.1 Å². The standard InChI is InChI=1S/C43H52N2O7/c1-3-28-50-40(49-4-2)22-25-44-41(46)36-20-18-34(19-21-36)31-51-39-17-11-16-38(29-39)43(48,37-14-9-6-10-15-37)42(47)52-32-35-23-26-45(27-24-35)30-33-12-7-5-8-13-33/h5-21,29,35,40,48H,3-4,22-28,30-32H2,1-2H3,(H,44,46)/t40?,43-/m1/s1. The predicted octanol–water partition coefficient (Wildman–Crippen LogP) is 6.87. The summed E-state index contributed by atoms with van der Waals surface area (Å²) in [7, 11) is 0. The molecule has 9 heteroatoms. The molecule has 1 aliphatic rings. The normalized spacial score (nSPS) is 15.4. The molecule has 1 fully saturated rings. The maximum Gasteiger partial charge on any atom is 0.347 e. The fraction of sp³-hybridized carbons (Fsp3) is 0.395. The lowest BCUT2D eigenvalue weighted by atomic mass is 9.86. The second kappa shape index (κ2) is 19.9. The lowest BCUT2D eigenvalue weighted by Gasteiger charge is -2.33. The average molecular weight is 709 g/mol. The van der Waals surface area contributed by atoms with Gasteiger partial charge in [-0.25, -0.2) is 4.79 Å². The van der Waals surface area contributed by atoms with Crippen molar-refractivity contribution < 1.29 is 33.6 Å². The predicted molar refractivity (Wildman–Crippen MR) is 201 cm³/mol. The monoisotopic (exact) mass is 708 g/mol. The van der Waals surface area contributed by atoms with Gasteiger partial charge >= 0.3 is 5.97 Å². The summed E-state index contributed by atoms with van der Waals surface area (Å²) in [6, 6.07) is 33.5. The molecule has 0 aromatic heterocycles. The molecule has 1 unspecified atom stereocenters. The molecule has 2 atom stereocenters. The Morgan fingerprint density at radius 1 is 0.846 bits per heavy atom. The quantitative estimate of drug-likeness (QED) is 0.0804. The van der Waals surface area contributed by atoms with E-state index in [9.17, 15) is 14.7 Å². The van der Waals surface area contributed by atoms with Crippen molar-refractivity contribution in [1.82, 2.24) is 10.2 Å². The lowest BCUT2D eigenvalue weighted by molar-refractivity contribution is -0.164. The first-order chi connectivity index (χ1) is 25.4. The van der Waals surface area contributed by atoms with Crippen molar-refractivity contribution in [3.8, 4) is 5.75 Å². The van der Waals surface area contributed by atoms with E-state index in [-0.39, 0.29) is 31.3 Å². The molecule has 0 spiro atoms. The molecule has 0 radical (unpaired) electrons. The maximum absolute atomic E-state index is 13.8. The van der Waals surface area contributed by atoms with E-state index in [1.165, 1.54) is 5.56 Å². The molecule has 1 aliphatic heterocycles. The number of hydrogen-bond acceptors (Lipinski definition) is 8. The van der Waals surface area contributed by atoms with E-state index in [2.05, 4.69) is 34.5 Å². The lowest BCUT2D eigenvalue weighted by Crippen LogP contribution is -2.40. The molecule has 9 nitrogen and oxygen atoms in total. The van der Waals surface area contributed by atoms with Crippen LogP contribution in [0.4, 0.5) is 0 Å². The summed E-state index contributed by atoms with van der Waals surface area (Å²) < 4.78 is 23.3. The van der Waals surface area contributed by atoms with Crippen molar-refractivity contribution in [3.63, 3.8) is 0 Å². The molecule has 5 rings (SSSR count). The Balaban J connectivity index is 1.16. The van der Waals surface area contributed by atoms with Crippen LogP contribution in [0, 0.1) is 5.92 Å². The second-order valence-corrected chi connectivity index (χ2v) is 13.2. The van der Waals surface area contributed by atoms with E-state index in [4.69, 9.17) is 18.9 Å². The van der Waals surface area contributed by atoms with Crippen LogP contribution in [0.2, 0.25) is 0 Å². The number of carbonyl (C=O) groups excluding carboxylic acids is 2. The fourth-order valence-electron chi connectivity index (χ4n) is 6.32. The highest BCUT2D eigenvalue weighted by molar-refractivity contribution is 5.94. The van der Waals surface area contributed by atoms with Gasteiger partial charge in [-0.15, -0.1) is 0 Å². The van der Waals surface area contributed by atoms with Crippen LogP contribution >= 0.6 is 0 Å². The van der Waals surface area contributed by atoms with Gasteiger partial charge in [-0.05, 0) is 86.1 Å². The Morgan fingerprint density at radius 2 is 1.54 bits per heavy atom. The van der Waals surface area contributed by atoms with Gasteiger partial charge in [-0.2, -0.15) is 0 Å². The first kappa shape index (κ1) is 38.7. The summed E-state index contributed by atoms with van der Waals surface area (Å²) >= 11 is 0. The zero-order valence-corrected chi connectivity index (χ0v) is 30.4. The van der Waals surface area contributed by atoms with Crippen molar-refractivity contribution in [2.24, 2.45) is 5.92 Å². The highest BCUT2D eigenvalue weighted by Crippen LogP contribution is 2.34. The van der Waals surface area contributed by atoms with Crippen molar-refractivity contribution in [2.45, 2.75) is 64.6 Å². The van der Waals surface area contributed by atoms with Gasteiger partial charge in [0.15, 0.2) is 6.29 Å². The minimum Gasteiger partial charge on any atom is -0.489 e. The molecular weight excluding hydrogens is 656 g/mol. The van der Waals surface area contributed by atoms with Gasteiger partial charge in [0.05, 0.1) is 6.61 Å². The number of esters is 1. The molecule has 0 aliphatic carbocycles. The zero-order chi connectivity index (χ0) is 36.6. The highest BCUT2D eigenvalue weighted by atomic mass is 16.7. The van der Waals surface area contributed by atoms with E-state index >= 15 is 0 Å². The molecule has 1 heterocycles. The van der Waals surface area contributed by atoms with Crippen molar-refractivity contribution in [2.75, 3.05) is 39.5 Å². The average Bonchev–Trinajstić information content (AvgIpc) is 3.19. The Hall–Kier alpha value is -4.54. The summed E-state index contributed by atoms with van der Waals surface area (Å²) in [6.07, 6.45) is 2.97.